The van der Waals surface area contributed by atoms with Crippen LogP contribution in [0, 0.1) is 0 Å². The Morgan fingerprint density at radius 2 is 2.21 bits per heavy atom. The van der Waals surface area contributed by atoms with Gasteiger partial charge in [0, 0.05) is 26.5 Å². The quantitative estimate of drug-likeness (QED) is 0.642. The average Bonchev–Trinajstić information content (AvgIpc) is 2.59. The first kappa shape index (κ1) is 9.65. The standard InChI is InChI=1S/C10H15NO3/c1-10(14-2)7(6-8(10)12)11-5-3-4-9(11)13/h7H,3-6H2,1-2H3/t7-,10+/m1/s1. The number of carbonyl (C=O) groups excluding carboxylic acids is 2. The molecule has 1 saturated heterocycles. The minimum atomic E-state index is -0.750. The van der Waals surface area contributed by atoms with Gasteiger partial charge in [-0.1, -0.05) is 0 Å². The largest absolute Gasteiger partial charge is 0.369 e. The molecule has 0 aromatic heterocycles. The van der Waals surface area contributed by atoms with Gasteiger partial charge in [0.05, 0.1) is 6.04 Å². The number of amides is 1. The number of rotatable bonds is 2. The number of ketones is 1. The molecule has 14 heavy (non-hydrogen) atoms. The number of Topliss-reactive ketones (excluding diaryl/α,β-unsaturated/α-hetero) is 1. The van der Waals surface area contributed by atoms with Crippen LogP contribution in [0.15, 0.2) is 0 Å². The van der Waals surface area contributed by atoms with Gasteiger partial charge in [-0.05, 0) is 13.3 Å². The van der Waals surface area contributed by atoms with Crippen LogP contribution >= 0.6 is 0 Å². The lowest BCUT2D eigenvalue weighted by Crippen LogP contribution is -2.66. The molecule has 1 amide bonds. The van der Waals surface area contributed by atoms with Crippen LogP contribution in [-0.2, 0) is 14.3 Å². The molecule has 0 spiro atoms. The van der Waals surface area contributed by atoms with E-state index >= 15 is 0 Å². The van der Waals surface area contributed by atoms with E-state index in [-0.39, 0.29) is 17.7 Å². The summed E-state index contributed by atoms with van der Waals surface area (Å²) in [6, 6.07) is -0.0324. The van der Waals surface area contributed by atoms with Crippen molar-refractivity contribution in [2.24, 2.45) is 0 Å². The third-order valence-corrected chi connectivity index (χ3v) is 3.48. The van der Waals surface area contributed by atoms with Crippen molar-refractivity contribution in [2.45, 2.75) is 37.8 Å². The predicted octanol–water partition coefficient (Wildman–Crippen LogP) is 0.355. The van der Waals surface area contributed by atoms with Crippen LogP contribution in [0.5, 0.6) is 0 Å². The smallest absolute Gasteiger partial charge is 0.223 e. The zero-order valence-electron chi connectivity index (χ0n) is 8.58. The van der Waals surface area contributed by atoms with E-state index in [1.54, 1.807) is 11.8 Å². The van der Waals surface area contributed by atoms with E-state index in [0.717, 1.165) is 13.0 Å². The van der Waals surface area contributed by atoms with Crippen molar-refractivity contribution in [2.75, 3.05) is 13.7 Å². The summed E-state index contributed by atoms with van der Waals surface area (Å²) >= 11 is 0. The van der Waals surface area contributed by atoms with E-state index < -0.39 is 5.60 Å². The van der Waals surface area contributed by atoms with Gasteiger partial charge >= 0.3 is 0 Å². The molecular weight excluding hydrogens is 182 g/mol. The number of hydrogen-bond acceptors (Lipinski definition) is 3. The van der Waals surface area contributed by atoms with Crippen LogP contribution in [0.4, 0.5) is 0 Å². The number of ether oxygens (including phenoxy) is 1. The SMILES string of the molecule is CO[C@]1(C)C(=O)C[C@H]1N1CCCC1=O. The van der Waals surface area contributed by atoms with Gasteiger partial charge in [-0.15, -0.1) is 0 Å². The molecular formula is C10H15NO3. The van der Waals surface area contributed by atoms with Gasteiger partial charge in [-0.2, -0.15) is 0 Å². The molecule has 2 fully saturated rings. The lowest BCUT2D eigenvalue weighted by atomic mass is 9.73. The molecule has 0 aromatic rings. The molecule has 0 N–H and O–H groups in total. The zero-order chi connectivity index (χ0) is 10.3. The summed E-state index contributed by atoms with van der Waals surface area (Å²) in [5, 5.41) is 0. The molecule has 0 bridgehead atoms. The van der Waals surface area contributed by atoms with Crippen LogP contribution in [0.1, 0.15) is 26.2 Å². The highest BCUT2D eigenvalue weighted by atomic mass is 16.5. The van der Waals surface area contributed by atoms with E-state index in [1.165, 1.54) is 7.11 Å². The van der Waals surface area contributed by atoms with Gasteiger partial charge in [-0.25, -0.2) is 0 Å². The topological polar surface area (TPSA) is 46.6 Å². The van der Waals surface area contributed by atoms with E-state index in [1.807, 2.05) is 0 Å². The Kier molecular flexibility index (Phi) is 2.10. The number of nitrogens with zero attached hydrogens (tertiary/aromatic N) is 1. The second kappa shape index (κ2) is 3.05. The normalized spacial score (nSPS) is 37.6. The fourth-order valence-electron chi connectivity index (χ4n) is 2.28. The minimum absolute atomic E-state index is 0.0324. The van der Waals surface area contributed by atoms with Gasteiger partial charge in [0.15, 0.2) is 5.78 Å². The molecule has 2 atom stereocenters. The highest BCUT2D eigenvalue weighted by molar-refractivity contribution is 5.96. The molecule has 78 valence electrons. The van der Waals surface area contributed by atoms with Gasteiger partial charge in [0.2, 0.25) is 5.91 Å². The van der Waals surface area contributed by atoms with Gasteiger partial charge in [0.25, 0.3) is 0 Å². The molecule has 4 heteroatoms. The lowest BCUT2D eigenvalue weighted by Gasteiger charge is -2.48. The van der Waals surface area contributed by atoms with E-state index in [9.17, 15) is 9.59 Å². The second-order valence-corrected chi connectivity index (χ2v) is 4.14. The highest BCUT2D eigenvalue weighted by Crippen LogP contribution is 2.37. The Morgan fingerprint density at radius 1 is 1.50 bits per heavy atom. The maximum Gasteiger partial charge on any atom is 0.223 e. The summed E-state index contributed by atoms with van der Waals surface area (Å²) in [4.78, 5) is 24.7. The second-order valence-electron chi connectivity index (χ2n) is 4.14. The van der Waals surface area contributed by atoms with Crippen molar-refractivity contribution in [3.8, 4) is 0 Å². The maximum atomic E-state index is 11.5. The first-order valence-corrected chi connectivity index (χ1v) is 4.97. The molecule has 0 aromatic carbocycles. The van der Waals surface area contributed by atoms with Crippen LogP contribution in [0.25, 0.3) is 0 Å². The Balaban J connectivity index is 2.13. The van der Waals surface area contributed by atoms with Crippen molar-refractivity contribution in [3.63, 3.8) is 0 Å². The fraction of sp³-hybridized carbons (Fsp3) is 0.800. The summed E-state index contributed by atoms with van der Waals surface area (Å²) in [6.07, 6.45) is 1.98. The lowest BCUT2D eigenvalue weighted by molar-refractivity contribution is -0.171. The maximum absolute atomic E-state index is 11.5. The van der Waals surface area contributed by atoms with Crippen molar-refractivity contribution in [3.05, 3.63) is 0 Å². The summed E-state index contributed by atoms with van der Waals surface area (Å²) in [5.74, 6) is 0.260. The zero-order valence-corrected chi connectivity index (χ0v) is 8.58. The molecule has 2 aliphatic rings. The predicted molar refractivity (Wildman–Crippen MR) is 49.8 cm³/mol. The third kappa shape index (κ3) is 1.10. The molecule has 1 aliphatic heterocycles. The molecule has 0 radical (unpaired) electrons. The number of carbonyl (C=O) groups is 2. The number of likely N-dealkylation sites (tertiary alicyclic amines) is 1. The Morgan fingerprint density at radius 3 is 2.64 bits per heavy atom. The van der Waals surface area contributed by atoms with E-state index in [0.29, 0.717) is 12.8 Å². The van der Waals surface area contributed by atoms with Gasteiger partial charge < -0.3 is 9.64 Å². The van der Waals surface area contributed by atoms with Crippen molar-refractivity contribution in [1.29, 1.82) is 0 Å². The monoisotopic (exact) mass is 197 g/mol. The van der Waals surface area contributed by atoms with Gasteiger partial charge in [0.1, 0.15) is 5.60 Å². The minimum Gasteiger partial charge on any atom is -0.369 e. The first-order chi connectivity index (χ1) is 6.59. The van der Waals surface area contributed by atoms with Crippen LogP contribution in [0.3, 0.4) is 0 Å². The van der Waals surface area contributed by atoms with Crippen molar-refractivity contribution >= 4 is 11.7 Å². The summed E-state index contributed by atoms with van der Waals surface area (Å²) in [7, 11) is 1.53. The number of hydrogen-bond donors (Lipinski definition) is 0. The summed E-state index contributed by atoms with van der Waals surface area (Å²) in [5.41, 5.74) is -0.750. The number of methoxy groups -OCH3 is 1. The van der Waals surface area contributed by atoms with Crippen LogP contribution in [0.2, 0.25) is 0 Å². The third-order valence-electron chi connectivity index (χ3n) is 3.48. The fourth-order valence-corrected chi connectivity index (χ4v) is 2.28. The van der Waals surface area contributed by atoms with Crippen molar-refractivity contribution in [1.82, 2.24) is 4.90 Å². The van der Waals surface area contributed by atoms with Crippen LogP contribution in [-0.4, -0.2) is 41.9 Å². The molecule has 2 rings (SSSR count). The van der Waals surface area contributed by atoms with Crippen molar-refractivity contribution < 1.29 is 14.3 Å². The summed E-state index contributed by atoms with van der Waals surface area (Å²) in [6.45, 7) is 2.55. The average molecular weight is 197 g/mol. The Labute approximate surface area is 83.2 Å². The van der Waals surface area contributed by atoms with E-state index in [4.69, 9.17) is 4.74 Å². The van der Waals surface area contributed by atoms with Gasteiger partial charge in [-0.3, -0.25) is 9.59 Å². The molecule has 1 heterocycles. The summed E-state index contributed by atoms with van der Waals surface area (Å²) < 4.78 is 5.22. The Bertz CT molecular complexity index is 289. The molecule has 4 nitrogen and oxygen atoms in total. The van der Waals surface area contributed by atoms with Crippen LogP contribution < -0.4 is 0 Å². The van der Waals surface area contributed by atoms with E-state index in [2.05, 4.69) is 0 Å². The first-order valence-electron chi connectivity index (χ1n) is 4.97. The Hall–Kier alpha value is -0.900. The molecule has 0 unspecified atom stereocenters. The molecule has 1 saturated carbocycles. The molecule has 1 aliphatic carbocycles. The highest BCUT2D eigenvalue weighted by Gasteiger charge is 2.55.